The van der Waals surface area contributed by atoms with Crippen LogP contribution in [0.25, 0.3) is 0 Å². The van der Waals surface area contributed by atoms with Gasteiger partial charge in [-0.05, 0) is 18.9 Å². The number of rotatable bonds is 5. The summed E-state index contributed by atoms with van der Waals surface area (Å²) in [5, 5.41) is 9.40. The van der Waals surface area contributed by atoms with Gasteiger partial charge in [-0.15, -0.1) is 0 Å². The number of aliphatic hydroxyl groups is 1. The Hall–Kier alpha value is -1.69. The van der Waals surface area contributed by atoms with Crippen LogP contribution in [0.15, 0.2) is 23.3 Å². The van der Waals surface area contributed by atoms with Crippen LogP contribution < -0.4 is 5.69 Å². The van der Waals surface area contributed by atoms with E-state index >= 15 is 0 Å². The zero-order chi connectivity index (χ0) is 13.9. The number of aliphatic hydroxyl groups excluding tert-OH is 1. The van der Waals surface area contributed by atoms with Crippen LogP contribution in [0.3, 0.4) is 0 Å². The van der Waals surface area contributed by atoms with Crippen LogP contribution in [0.4, 0.5) is 0 Å². The van der Waals surface area contributed by atoms with Crippen LogP contribution in [-0.2, 0) is 11.3 Å². The van der Waals surface area contributed by atoms with Crippen LogP contribution in [0.5, 0.6) is 0 Å². The first-order valence-electron chi connectivity index (χ1n) is 6.43. The number of nitrogens with zero attached hydrogens (tertiary/aromatic N) is 3. The largest absolute Gasteiger partial charge is 0.396 e. The van der Waals surface area contributed by atoms with Crippen LogP contribution in [0.1, 0.15) is 19.3 Å². The van der Waals surface area contributed by atoms with Crippen molar-refractivity contribution < 1.29 is 9.90 Å². The minimum Gasteiger partial charge on any atom is -0.396 e. The van der Waals surface area contributed by atoms with Crippen molar-refractivity contribution in [3.05, 3.63) is 28.9 Å². The highest BCUT2D eigenvalue weighted by Crippen LogP contribution is 2.40. The topological polar surface area (TPSA) is 75.4 Å². The number of carbonyl (C=O) groups is 1. The highest BCUT2D eigenvalue weighted by atomic mass is 16.3. The number of amides is 1. The van der Waals surface area contributed by atoms with E-state index in [9.17, 15) is 14.7 Å². The molecule has 1 aliphatic carbocycles. The smallest absolute Gasteiger partial charge is 0.347 e. The van der Waals surface area contributed by atoms with Crippen molar-refractivity contribution in [3.63, 3.8) is 0 Å². The molecule has 1 aromatic heterocycles. The average molecular weight is 265 g/mol. The highest BCUT2D eigenvalue weighted by molar-refractivity contribution is 5.75. The second kappa shape index (κ2) is 5.52. The van der Waals surface area contributed by atoms with Crippen molar-refractivity contribution in [1.82, 2.24) is 14.5 Å². The summed E-state index contributed by atoms with van der Waals surface area (Å²) in [4.78, 5) is 28.7. The first-order valence-corrected chi connectivity index (χ1v) is 6.43. The van der Waals surface area contributed by atoms with Crippen molar-refractivity contribution in [2.24, 2.45) is 5.41 Å². The lowest BCUT2D eigenvalue weighted by Gasteiger charge is -2.42. The van der Waals surface area contributed by atoms with Gasteiger partial charge in [0.1, 0.15) is 6.54 Å². The Labute approximate surface area is 111 Å². The molecule has 1 N–H and O–H groups in total. The zero-order valence-electron chi connectivity index (χ0n) is 11.1. The average Bonchev–Trinajstić information content (AvgIpc) is 2.36. The lowest BCUT2D eigenvalue weighted by atomic mass is 9.69. The standard InChI is InChI=1S/C13H19N3O3/c1-15(9-13(10-17)4-2-5-13)11(18)8-16-7-3-6-14-12(16)19/h3,6-7,17H,2,4-5,8-10H2,1H3. The second-order valence-electron chi connectivity index (χ2n) is 5.29. The van der Waals surface area contributed by atoms with Crippen molar-refractivity contribution in [2.45, 2.75) is 25.8 Å². The fraction of sp³-hybridized carbons (Fsp3) is 0.615. The molecule has 1 heterocycles. The van der Waals surface area contributed by atoms with Crippen molar-refractivity contribution in [3.8, 4) is 0 Å². The molecule has 0 aliphatic heterocycles. The predicted octanol–water partition coefficient (Wildman–Crippen LogP) is -0.136. The molecule has 0 bridgehead atoms. The predicted molar refractivity (Wildman–Crippen MR) is 69.5 cm³/mol. The number of likely N-dealkylation sites (N-methyl/N-ethyl adjacent to an activating group) is 1. The molecule has 0 saturated heterocycles. The molecule has 1 aliphatic rings. The quantitative estimate of drug-likeness (QED) is 0.804. The van der Waals surface area contributed by atoms with Gasteiger partial charge in [-0.2, -0.15) is 0 Å². The van der Waals surface area contributed by atoms with Gasteiger partial charge in [0.2, 0.25) is 5.91 Å². The Bertz CT molecular complexity index is 502. The van der Waals surface area contributed by atoms with Gasteiger partial charge in [-0.3, -0.25) is 9.36 Å². The van der Waals surface area contributed by atoms with Crippen molar-refractivity contribution in [1.29, 1.82) is 0 Å². The molecule has 0 atom stereocenters. The van der Waals surface area contributed by atoms with E-state index in [1.807, 2.05) is 0 Å². The number of carbonyl (C=O) groups excluding carboxylic acids is 1. The van der Waals surface area contributed by atoms with Gasteiger partial charge in [-0.1, -0.05) is 6.42 Å². The van der Waals surface area contributed by atoms with E-state index in [-0.39, 0.29) is 24.5 Å². The molecular formula is C13H19N3O3. The van der Waals surface area contributed by atoms with E-state index in [1.165, 1.54) is 10.8 Å². The molecule has 0 spiro atoms. The summed E-state index contributed by atoms with van der Waals surface area (Å²) in [7, 11) is 1.71. The third-order valence-corrected chi connectivity index (χ3v) is 3.84. The fourth-order valence-corrected chi connectivity index (χ4v) is 2.41. The fourth-order valence-electron chi connectivity index (χ4n) is 2.41. The Morgan fingerprint density at radius 1 is 1.58 bits per heavy atom. The molecular weight excluding hydrogens is 246 g/mol. The SMILES string of the molecule is CN(CC1(CO)CCC1)C(=O)Cn1cccnc1=O. The molecule has 104 valence electrons. The van der Waals surface area contributed by atoms with Crippen molar-refractivity contribution in [2.75, 3.05) is 20.2 Å². The molecule has 2 rings (SSSR count). The number of hydrogen-bond donors (Lipinski definition) is 1. The molecule has 0 aromatic carbocycles. The van der Waals surface area contributed by atoms with E-state index in [0.717, 1.165) is 19.3 Å². The number of hydrogen-bond acceptors (Lipinski definition) is 4. The minimum atomic E-state index is -0.426. The molecule has 1 saturated carbocycles. The molecule has 0 radical (unpaired) electrons. The Kier molecular flexibility index (Phi) is 3.99. The second-order valence-corrected chi connectivity index (χ2v) is 5.29. The number of aromatic nitrogens is 2. The van der Waals surface area contributed by atoms with Crippen LogP contribution in [0, 0.1) is 5.41 Å². The maximum absolute atomic E-state index is 12.1. The molecule has 6 heteroatoms. The van der Waals surface area contributed by atoms with Gasteiger partial charge in [0.05, 0.1) is 6.61 Å². The van der Waals surface area contributed by atoms with Crippen LogP contribution in [-0.4, -0.2) is 45.7 Å². The van der Waals surface area contributed by atoms with E-state index in [0.29, 0.717) is 6.54 Å². The third-order valence-electron chi connectivity index (χ3n) is 3.84. The molecule has 1 aromatic rings. The van der Waals surface area contributed by atoms with Gasteiger partial charge in [0.25, 0.3) is 0 Å². The Balaban J connectivity index is 1.96. The van der Waals surface area contributed by atoms with Gasteiger partial charge in [0, 0.05) is 31.4 Å². The summed E-state index contributed by atoms with van der Waals surface area (Å²) < 4.78 is 1.28. The first-order chi connectivity index (χ1) is 9.06. The van der Waals surface area contributed by atoms with Gasteiger partial charge >= 0.3 is 5.69 Å². The minimum absolute atomic E-state index is 0.00924. The Morgan fingerprint density at radius 2 is 2.32 bits per heavy atom. The zero-order valence-corrected chi connectivity index (χ0v) is 11.1. The first kappa shape index (κ1) is 13.7. The maximum atomic E-state index is 12.1. The summed E-state index contributed by atoms with van der Waals surface area (Å²) in [6, 6.07) is 1.62. The van der Waals surface area contributed by atoms with Gasteiger partial charge in [-0.25, -0.2) is 9.78 Å². The molecule has 1 fully saturated rings. The lowest BCUT2D eigenvalue weighted by Crippen LogP contribution is -2.46. The van der Waals surface area contributed by atoms with E-state index in [4.69, 9.17) is 0 Å². The normalized spacial score (nSPS) is 16.7. The summed E-state index contributed by atoms with van der Waals surface area (Å²) in [6.45, 7) is 0.638. The van der Waals surface area contributed by atoms with Gasteiger partial charge in [0.15, 0.2) is 0 Å². The molecule has 0 unspecified atom stereocenters. The summed E-state index contributed by atoms with van der Waals surface area (Å²) >= 11 is 0. The summed E-state index contributed by atoms with van der Waals surface area (Å²) in [6.07, 6.45) is 5.96. The monoisotopic (exact) mass is 265 g/mol. The summed E-state index contributed by atoms with van der Waals surface area (Å²) in [5.74, 6) is -0.144. The molecule has 1 amide bonds. The molecule has 19 heavy (non-hydrogen) atoms. The summed E-state index contributed by atoms with van der Waals surface area (Å²) in [5.41, 5.74) is -0.561. The van der Waals surface area contributed by atoms with Crippen molar-refractivity contribution >= 4 is 5.91 Å². The van der Waals surface area contributed by atoms with E-state index in [2.05, 4.69) is 4.98 Å². The van der Waals surface area contributed by atoms with E-state index in [1.54, 1.807) is 24.2 Å². The van der Waals surface area contributed by atoms with Gasteiger partial charge < -0.3 is 10.0 Å². The Morgan fingerprint density at radius 3 is 2.84 bits per heavy atom. The lowest BCUT2D eigenvalue weighted by molar-refractivity contribution is -0.133. The molecule has 6 nitrogen and oxygen atoms in total. The maximum Gasteiger partial charge on any atom is 0.347 e. The van der Waals surface area contributed by atoms with Crippen LogP contribution in [0.2, 0.25) is 0 Å². The van der Waals surface area contributed by atoms with E-state index < -0.39 is 5.69 Å². The van der Waals surface area contributed by atoms with Crippen LogP contribution >= 0.6 is 0 Å². The third kappa shape index (κ3) is 3.01. The highest BCUT2D eigenvalue weighted by Gasteiger charge is 2.38.